The third-order valence-corrected chi connectivity index (χ3v) is 7.08. The fourth-order valence-corrected chi connectivity index (χ4v) is 5.63. The predicted molar refractivity (Wildman–Crippen MR) is 106 cm³/mol. The highest BCUT2D eigenvalue weighted by Crippen LogP contribution is 2.43. The van der Waals surface area contributed by atoms with Crippen LogP contribution in [0.25, 0.3) is 0 Å². The fraction of sp³-hybridized carbons (Fsp3) is 0.524. The molecule has 0 bridgehead atoms. The molecule has 0 N–H and O–H groups in total. The van der Waals surface area contributed by atoms with E-state index < -0.39 is 0 Å². The van der Waals surface area contributed by atoms with E-state index in [9.17, 15) is 10.1 Å². The van der Waals surface area contributed by atoms with E-state index in [0.29, 0.717) is 19.1 Å². The maximum Gasteiger partial charge on any atom is 0.229 e. The Bertz CT molecular complexity index is 795. The number of hydrogen-bond acceptors (Lipinski definition) is 5. The van der Waals surface area contributed by atoms with Crippen LogP contribution in [0.15, 0.2) is 34.9 Å². The van der Waals surface area contributed by atoms with Gasteiger partial charge in [-0.25, -0.2) is 0 Å². The lowest BCUT2D eigenvalue weighted by atomic mass is 9.86. The van der Waals surface area contributed by atoms with Crippen LogP contribution < -0.4 is 4.74 Å². The Morgan fingerprint density at radius 3 is 2.81 bits per heavy atom. The second kappa shape index (κ2) is 7.95. The van der Waals surface area contributed by atoms with Gasteiger partial charge in [0.2, 0.25) is 5.91 Å². The van der Waals surface area contributed by atoms with Crippen LogP contribution in [0.4, 0.5) is 0 Å². The molecule has 0 spiro atoms. The van der Waals surface area contributed by atoms with Gasteiger partial charge in [0.05, 0.1) is 36.3 Å². The van der Waals surface area contributed by atoms with Crippen molar-refractivity contribution in [3.05, 3.63) is 40.4 Å². The number of nitrogens with zero attached hydrogens (tertiary/aromatic N) is 3. The minimum atomic E-state index is -0.183. The van der Waals surface area contributed by atoms with E-state index in [1.165, 1.54) is 32.1 Å². The SMILES string of the molecule is COc1cccc([C@H]2CC(=O)N3CN(C4CCCCC4)CSC3=C2C#N)c1. The van der Waals surface area contributed by atoms with Gasteiger partial charge in [0.25, 0.3) is 0 Å². The highest BCUT2D eigenvalue weighted by molar-refractivity contribution is 8.03. The summed E-state index contributed by atoms with van der Waals surface area (Å²) < 4.78 is 5.32. The summed E-state index contributed by atoms with van der Waals surface area (Å²) in [6.45, 7) is 0.627. The molecule has 1 saturated heterocycles. The standard InChI is InChI=1S/C21H25N3O2S/c1-26-17-9-5-6-15(10-17)18-11-20(25)24-13-23(16-7-3-2-4-8-16)14-27-21(24)19(18)12-22/h5-6,9-10,16,18H,2-4,7-8,11,13-14H2,1H3/t18-/m1/s1. The lowest BCUT2D eigenvalue weighted by Gasteiger charge is -2.44. The van der Waals surface area contributed by atoms with E-state index in [1.807, 2.05) is 29.2 Å². The van der Waals surface area contributed by atoms with Gasteiger partial charge in [0.15, 0.2) is 0 Å². The zero-order chi connectivity index (χ0) is 18.8. The first-order chi connectivity index (χ1) is 13.2. The Morgan fingerprint density at radius 1 is 1.26 bits per heavy atom. The van der Waals surface area contributed by atoms with E-state index in [2.05, 4.69) is 11.0 Å². The van der Waals surface area contributed by atoms with E-state index in [0.717, 1.165) is 27.8 Å². The molecule has 2 aliphatic heterocycles. The first kappa shape index (κ1) is 18.4. The van der Waals surface area contributed by atoms with Gasteiger partial charge in [-0.05, 0) is 30.5 Å². The molecule has 1 aromatic carbocycles. The molecule has 1 atom stereocenters. The van der Waals surface area contributed by atoms with E-state index in [4.69, 9.17) is 4.74 Å². The van der Waals surface area contributed by atoms with Crippen molar-refractivity contribution in [2.24, 2.45) is 0 Å². The number of ether oxygens (including phenoxy) is 1. The summed E-state index contributed by atoms with van der Waals surface area (Å²) in [7, 11) is 1.63. The number of benzene rings is 1. The summed E-state index contributed by atoms with van der Waals surface area (Å²) in [6.07, 6.45) is 6.68. The molecule has 1 aromatic rings. The van der Waals surface area contributed by atoms with Crippen molar-refractivity contribution in [1.82, 2.24) is 9.80 Å². The molecule has 1 amide bonds. The van der Waals surface area contributed by atoms with Gasteiger partial charge in [-0.3, -0.25) is 14.6 Å². The van der Waals surface area contributed by atoms with Crippen LogP contribution in [0, 0.1) is 11.3 Å². The van der Waals surface area contributed by atoms with Crippen molar-refractivity contribution in [2.75, 3.05) is 19.7 Å². The number of rotatable bonds is 3. The number of methoxy groups -OCH3 is 1. The minimum absolute atomic E-state index is 0.116. The van der Waals surface area contributed by atoms with Crippen LogP contribution >= 0.6 is 11.8 Å². The summed E-state index contributed by atoms with van der Waals surface area (Å²) in [5.74, 6) is 1.55. The summed E-state index contributed by atoms with van der Waals surface area (Å²) in [5.41, 5.74) is 1.69. The van der Waals surface area contributed by atoms with Gasteiger partial charge in [-0.1, -0.05) is 43.2 Å². The largest absolute Gasteiger partial charge is 0.497 e. The third-order valence-electron chi connectivity index (χ3n) is 5.90. The summed E-state index contributed by atoms with van der Waals surface area (Å²) in [6, 6.07) is 10.7. The van der Waals surface area contributed by atoms with Crippen LogP contribution in [-0.4, -0.2) is 41.4 Å². The molecule has 2 heterocycles. The quantitative estimate of drug-likeness (QED) is 0.788. The van der Waals surface area contributed by atoms with Gasteiger partial charge >= 0.3 is 0 Å². The van der Waals surface area contributed by atoms with Crippen LogP contribution in [0.3, 0.4) is 0 Å². The van der Waals surface area contributed by atoms with Crippen molar-refractivity contribution in [1.29, 1.82) is 5.26 Å². The van der Waals surface area contributed by atoms with Crippen LogP contribution in [0.2, 0.25) is 0 Å². The van der Waals surface area contributed by atoms with Gasteiger partial charge in [-0.15, -0.1) is 0 Å². The Hall–Kier alpha value is -1.97. The number of hydrogen-bond donors (Lipinski definition) is 0. The topological polar surface area (TPSA) is 56.6 Å². The number of allylic oxidation sites excluding steroid dienone is 1. The Labute approximate surface area is 165 Å². The van der Waals surface area contributed by atoms with Gasteiger partial charge in [0.1, 0.15) is 5.75 Å². The summed E-state index contributed by atoms with van der Waals surface area (Å²) >= 11 is 1.65. The average molecular weight is 384 g/mol. The van der Waals surface area contributed by atoms with Crippen molar-refractivity contribution in [3.8, 4) is 11.8 Å². The third kappa shape index (κ3) is 3.59. The summed E-state index contributed by atoms with van der Waals surface area (Å²) in [4.78, 5) is 17.2. The Kier molecular flexibility index (Phi) is 5.42. The Balaban J connectivity index is 1.61. The molecule has 6 heteroatoms. The highest BCUT2D eigenvalue weighted by Gasteiger charge is 2.39. The second-order valence-electron chi connectivity index (χ2n) is 7.48. The Morgan fingerprint density at radius 2 is 2.07 bits per heavy atom. The molecular formula is C21H25N3O2S. The first-order valence-electron chi connectivity index (χ1n) is 9.66. The first-order valence-corrected chi connectivity index (χ1v) is 10.6. The van der Waals surface area contributed by atoms with Crippen LogP contribution in [0.1, 0.15) is 50.0 Å². The molecule has 4 rings (SSSR count). The van der Waals surface area contributed by atoms with Crippen molar-refractivity contribution < 1.29 is 9.53 Å². The highest BCUT2D eigenvalue weighted by atomic mass is 32.2. The zero-order valence-corrected chi connectivity index (χ0v) is 16.5. The number of nitriles is 1. The van der Waals surface area contributed by atoms with Crippen LogP contribution in [-0.2, 0) is 4.79 Å². The molecule has 2 fully saturated rings. The van der Waals surface area contributed by atoms with Crippen molar-refractivity contribution >= 4 is 17.7 Å². The molecule has 0 radical (unpaired) electrons. The second-order valence-corrected chi connectivity index (χ2v) is 8.41. The van der Waals surface area contributed by atoms with Gasteiger partial charge in [-0.2, -0.15) is 5.26 Å². The molecule has 5 nitrogen and oxygen atoms in total. The molecular weight excluding hydrogens is 358 g/mol. The normalized spacial score (nSPS) is 24.5. The maximum atomic E-state index is 13.0. The smallest absolute Gasteiger partial charge is 0.229 e. The molecule has 0 unspecified atom stereocenters. The number of carbonyl (C=O) groups excluding carboxylic acids is 1. The average Bonchev–Trinajstić information content (AvgIpc) is 2.74. The maximum absolute atomic E-state index is 13.0. The summed E-state index contributed by atoms with van der Waals surface area (Å²) in [5, 5.41) is 10.7. The number of carbonyl (C=O) groups is 1. The van der Waals surface area contributed by atoms with Crippen molar-refractivity contribution in [2.45, 2.75) is 50.5 Å². The van der Waals surface area contributed by atoms with E-state index in [-0.39, 0.29) is 11.8 Å². The van der Waals surface area contributed by atoms with Gasteiger partial charge in [0, 0.05) is 18.4 Å². The van der Waals surface area contributed by atoms with Crippen LogP contribution in [0.5, 0.6) is 5.75 Å². The van der Waals surface area contributed by atoms with E-state index >= 15 is 0 Å². The number of thioether (sulfide) groups is 1. The molecule has 0 aromatic heterocycles. The predicted octanol–water partition coefficient (Wildman–Crippen LogP) is 4.04. The van der Waals surface area contributed by atoms with E-state index in [1.54, 1.807) is 18.9 Å². The lowest BCUT2D eigenvalue weighted by Crippen LogP contribution is -2.51. The molecule has 142 valence electrons. The van der Waals surface area contributed by atoms with Crippen molar-refractivity contribution in [3.63, 3.8) is 0 Å². The molecule has 1 aliphatic carbocycles. The zero-order valence-electron chi connectivity index (χ0n) is 15.7. The number of amides is 1. The minimum Gasteiger partial charge on any atom is -0.497 e. The molecule has 1 saturated carbocycles. The lowest BCUT2D eigenvalue weighted by molar-refractivity contribution is -0.132. The number of fused-ring (bicyclic) bond motifs is 1. The fourth-order valence-electron chi connectivity index (χ4n) is 4.40. The monoisotopic (exact) mass is 383 g/mol. The van der Waals surface area contributed by atoms with Gasteiger partial charge < -0.3 is 4.74 Å². The molecule has 3 aliphatic rings. The molecule has 27 heavy (non-hydrogen) atoms.